The molecule has 4 rings (SSSR count). The van der Waals surface area contributed by atoms with Crippen LogP contribution in [0.1, 0.15) is 10.6 Å². The molecule has 2 aromatic heterocycles. The van der Waals surface area contributed by atoms with Crippen LogP contribution in [0.15, 0.2) is 45.8 Å². The van der Waals surface area contributed by atoms with Gasteiger partial charge in [-0.2, -0.15) is 17.5 Å². The van der Waals surface area contributed by atoms with Gasteiger partial charge in [-0.15, -0.1) is 11.3 Å². The molecular formula is C19H17ClF3N3O3S2. The second kappa shape index (κ2) is 8.12. The molecule has 1 fully saturated rings. The highest BCUT2D eigenvalue weighted by molar-refractivity contribution is 7.89. The van der Waals surface area contributed by atoms with Crippen LogP contribution in [0.3, 0.4) is 0 Å². The third-order valence-electron chi connectivity index (χ3n) is 4.94. The molecule has 3 heterocycles. The van der Waals surface area contributed by atoms with Crippen LogP contribution in [-0.2, 0) is 16.2 Å². The van der Waals surface area contributed by atoms with E-state index in [-0.39, 0.29) is 23.7 Å². The fourth-order valence-electron chi connectivity index (χ4n) is 3.37. The molecule has 0 unspecified atom stereocenters. The first-order chi connectivity index (χ1) is 14.6. The second-order valence-electron chi connectivity index (χ2n) is 6.98. The van der Waals surface area contributed by atoms with Crippen LogP contribution in [0, 0.1) is 6.92 Å². The number of hydrogen-bond acceptors (Lipinski definition) is 6. The monoisotopic (exact) mass is 491 g/mol. The Hall–Kier alpha value is -2.08. The van der Waals surface area contributed by atoms with Crippen molar-refractivity contribution < 1.29 is 26.1 Å². The molecule has 0 bridgehead atoms. The van der Waals surface area contributed by atoms with E-state index >= 15 is 0 Å². The Labute approximate surface area is 185 Å². The Morgan fingerprint density at radius 3 is 2.45 bits per heavy atom. The summed E-state index contributed by atoms with van der Waals surface area (Å²) in [6.07, 6.45) is -4.66. The molecule has 1 aliphatic heterocycles. The number of hydrogen-bond donors (Lipinski definition) is 0. The molecule has 0 N–H and O–H groups in total. The van der Waals surface area contributed by atoms with Gasteiger partial charge < -0.3 is 9.42 Å². The first kappa shape index (κ1) is 22.1. The minimum absolute atomic E-state index is 0.0485. The predicted molar refractivity (Wildman–Crippen MR) is 112 cm³/mol. The number of nitrogens with zero attached hydrogens (tertiary/aromatic N) is 3. The lowest BCUT2D eigenvalue weighted by Gasteiger charge is -2.35. The average molecular weight is 492 g/mol. The topological polar surface area (TPSA) is 66.7 Å². The number of aromatic nitrogens is 1. The Morgan fingerprint density at radius 1 is 1.13 bits per heavy atom. The summed E-state index contributed by atoms with van der Waals surface area (Å²) in [7, 11) is -3.80. The summed E-state index contributed by atoms with van der Waals surface area (Å²) in [6.45, 7) is 3.17. The van der Waals surface area contributed by atoms with Crippen LogP contribution < -0.4 is 4.90 Å². The lowest BCUT2D eigenvalue weighted by atomic mass is 10.2. The SMILES string of the molecule is Cc1sc(-c2cc(C(F)(F)F)on2)cc1S(=O)(=O)N1CCN(c2cccc(Cl)c2)CC1. The van der Waals surface area contributed by atoms with Gasteiger partial charge in [0.25, 0.3) is 0 Å². The van der Waals surface area contributed by atoms with Gasteiger partial charge in [0.1, 0.15) is 5.69 Å². The minimum Gasteiger partial charge on any atom is -0.369 e. The van der Waals surface area contributed by atoms with Crippen molar-refractivity contribution in [3.05, 3.63) is 52.1 Å². The van der Waals surface area contributed by atoms with Crippen LogP contribution in [-0.4, -0.2) is 44.1 Å². The number of halogens is 4. The van der Waals surface area contributed by atoms with E-state index in [0.717, 1.165) is 23.1 Å². The van der Waals surface area contributed by atoms with Crippen molar-refractivity contribution in [2.24, 2.45) is 0 Å². The predicted octanol–water partition coefficient (Wildman–Crippen LogP) is 4.89. The molecule has 1 aliphatic rings. The van der Waals surface area contributed by atoms with Gasteiger partial charge in [0.05, 0.1) is 9.77 Å². The van der Waals surface area contributed by atoms with Gasteiger partial charge in [0.15, 0.2) is 0 Å². The van der Waals surface area contributed by atoms with Crippen LogP contribution in [0.2, 0.25) is 5.02 Å². The molecule has 0 amide bonds. The van der Waals surface area contributed by atoms with Crippen molar-refractivity contribution in [1.29, 1.82) is 0 Å². The molecule has 3 aromatic rings. The third-order valence-corrected chi connectivity index (χ3v) is 8.41. The first-order valence-corrected chi connectivity index (χ1v) is 11.8. The minimum atomic E-state index is -4.66. The highest BCUT2D eigenvalue weighted by Crippen LogP contribution is 2.37. The number of aryl methyl sites for hydroxylation is 1. The molecule has 12 heteroatoms. The molecule has 1 aromatic carbocycles. The van der Waals surface area contributed by atoms with Crippen molar-refractivity contribution in [2.75, 3.05) is 31.1 Å². The number of rotatable bonds is 4. The Morgan fingerprint density at radius 2 is 1.84 bits per heavy atom. The number of anilines is 1. The third kappa shape index (κ3) is 4.45. The van der Waals surface area contributed by atoms with Crippen molar-refractivity contribution in [2.45, 2.75) is 18.0 Å². The fraction of sp³-hybridized carbons (Fsp3) is 0.316. The number of sulfonamides is 1. The highest BCUT2D eigenvalue weighted by atomic mass is 35.5. The first-order valence-electron chi connectivity index (χ1n) is 9.21. The second-order valence-corrected chi connectivity index (χ2v) is 10.6. The lowest BCUT2D eigenvalue weighted by molar-refractivity contribution is -0.155. The lowest BCUT2D eigenvalue weighted by Crippen LogP contribution is -2.48. The largest absolute Gasteiger partial charge is 0.452 e. The molecular weight excluding hydrogens is 475 g/mol. The van der Waals surface area contributed by atoms with Crippen LogP contribution in [0.5, 0.6) is 0 Å². The van der Waals surface area contributed by atoms with Gasteiger partial charge >= 0.3 is 6.18 Å². The normalized spacial score (nSPS) is 16.1. The molecule has 6 nitrogen and oxygen atoms in total. The number of thiophene rings is 1. The zero-order valence-corrected chi connectivity index (χ0v) is 18.6. The molecule has 0 spiro atoms. The smallest absolute Gasteiger partial charge is 0.369 e. The Balaban J connectivity index is 1.53. The summed E-state index contributed by atoms with van der Waals surface area (Å²) in [6, 6.07) is 9.48. The molecule has 0 radical (unpaired) electrons. The molecule has 0 atom stereocenters. The van der Waals surface area contributed by atoms with Crippen LogP contribution >= 0.6 is 22.9 Å². The van der Waals surface area contributed by atoms with Crippen molar-refractivity contribution in [1.82, 2.24) is 9.46 Å². The van der Waals surface area contributed by atoms with Crippen LogP contribution in [0.4, 0.5) is 18.9 Å². The maximum Gasteiger partial charge on any atom is 0.452 e. The fourth-order valence-corrected chi connectivity index (χ4v) is 6.49. The van der Waals surface area contributed by atoms with Crippen molar-refractivity contribution in [3.8, 4) is 10.6 Å². The molecule has 166 valence electrons. The number of piperazine rings is 1. The van der Waals surface area contributed by atoms with E-state index in [0.29, 0.717) is 27.9 Å². The summed E-state index contributed by atoms with van der Waals surface area (Å²) in [5.74, 6) is -1.23. The van der Waals surface area contributed by atoms with Crippen LogP contribution in [0.25, 0.3) is 10.6 Å². The highest BCUT2D eigenvalue weighted by Gasteiger charge is 2.37. The zero-order valence-electron chi connectivity index (χ0n) is 16.2. The molecule has 1 saturated heterocycles. The summed E-state index contributed by atoms with van der Waals surface area (Å²) in [5.41, 5.74) is 0.873. The maximum absolute atomic E-state index is 13.2. The summed E-state index contributed by atoms with van der Waals surface area (Å²) < 4.78 is 70.4. The molecule has 31 heavy (non-hydrogen) atoms. The van der Waals surface area contributed by atoms with Gasteiger partial charge in [-0.05, 0) is 31.2 Å². The van der Waals surface area contributed by atoms with E-state index in [1.54, 1.807) is 13.0 Å². The van der Waals surface area contributed by atoms with Crippen molar-refractivity contribution >= 4 is 38.6 Å². The van der Waals surface area contributed by atoms with E-state index in [1.165, 1.54) is 10.4 Å². The quantitative estimate of drug-likeness (QED) is 0.519. The maximum atomic E-state index is 13.2. The Bertz CT molecular complexity index is 1200. The van der Waals surface area contributed by atoms with Crippen molar-refractivity contribution in [3.63, 3.8) is 0 Å². The van der Waals surface area contributed by atoms with Gasteiger partial charge in [-0.3, -0.25) is 0 Å². The van der Waals surface area contributed by atoms with Gasteiger partial charge in [0, 0.05) is 47.8 Å². The summed E-state index contributed by atoms with van der Waals surface area (Å²) >= 11 is 7.10. The van der Waals surface area contributed by atoms with E-state index in [4.69, 9.17) is 11.6 Å². The molecule has 0 aliphatic carbocycles. The average Bonchev–Trinajstić information content (AvgIpc) is 3.35. The summed E-state index contributed by atoms with van der Waals surface area (Å²) in [5, 5.41) is 4.05. The van der Waals surface area contributed by atoms with E-state index in [1.807, 2.05) is 18.2 Å². The van der Waals surface area contributed by atoms with E-state index in [2.05, 4.69) is 14.6 Å². The van der Waals surface area contributed by atoms with Gasteiger partial charge in [-0.1, -0.05) is 22.8 Å². The summed E-state index contributed by atoms with van der Waals surface area (Å²) in [4.78, 5) is 2.90. The molecule has 0 saturated carbocycles. The number of benzene rings is 1. The van der Waals surface area contributed by atoms with Gasteiger partial charge in [-0.25, -0.2) is 8.42 Å². The zero-order chi connectivity index (χ0) is 22.4. The van der Waals surface area contributed by atoms with E-state index < -0.39 is 22.0 Å². The van der Waals surface area contributed by atoms with Gasteiger partial charge in [0.2, 0.25) is 15.8 Å². The standard InChI is InChI=1S/C19H17ClF3N3O3S2/c1-12-17(11-16(30-12)15-10-18(29-24-15)19(21,22)23)31(27,28)26-7-5-25(6-8-26)14-4-2-3-13(20)9-14/h2-4,9-11H,5-8H2,1H3. The van der Waals surface area contributed by atoms with E-state index in [9.17, 15) is 21.6 Å². The Kier molecular flexibility index (Phi) is 5.80. The number of alkyl halides is 3.